The highest BCUT2D eigenvalue weighted by Crippen LogP contribution is 2.21. The Hall–Kier alpha value is -1.15. The molecule has 7 heteroatoms. The van der Waals surface area contributed by atoms with Crippen LogP contribution in [0, 0.1) is 6.92 Å². The highest BCUT2D eigenvalue weighted by Gasteiger charge is 2.23. The van der Waals surface area contributed by atoms with E-state index in [9.17, 15) is 13.5 Å². The third kappa shape index (κ3) is 4.45. The molecule has 6 nitrogen and oxygen atoms in total. The molecule has 0 saturated heterocycles. The normalized spacial score (nSPS) is 14.8. The molecule has 0 heterocycles. The smallest absolute Gasteiger partial charge is 0.240 e. The molecule has 1 rings (SSSR count). The minimum absolute atomic E-state index is 0.0900. The molecular formula is C13H21NO5S. The van der Waals surface area contributed by atoms with Gasteiger partial charge in [-0.25, -0.2) is 13.1 Å². The summed E-state index contributed by atoms with van der Waals surface area (Å²) in [6.07, 6.45) is 0. The molecule has 1 unspecified atom stereocenters. The van der Waals surface area contributed by atoms with Gasteiger partial charge in [-0.1, -0.05) is 0 Å². The van der Waals surface area contributed by atoms with Crippen molar-refractivity contribution in [2.24, 2.45) is 0 Å². The van der Waals surface area contributed by atoms with Gasteiger partial charge < -0.3 is 14.9 Å². The van der Waals surface area contributed by atoms with Gasteiger partial charge in [0.2, 0.25) is 10.0 Å². The van der Waals surface area contributed by atoms with Crippen molar-refractivity contribution in [3.05, 3.63) is 23.8 Å². The first-order valence-corrected chi connectivity index (χ1v) is 7.76. The minimum atomic E-state index is -3.73. The summed E-state index contributed by atoms with van der Waals surface area (Å²) in [7, 11) is -3.73. The quantitative estimate of drug-likeness (QED) is 0.678. The van der Waals surface area contributed by atoms with Crippen LogP contribution in [0.4, 0.5) is 0 Å². The third-order valence-electron chi connectivity index (χ3n) is 2.74. The molecule has 0 aliphatic heterocycles. The molecule has 114 valence electrons. The lowest BCUT2D eigenvalue weighted by atomic mass is 10.1. The van der Waals surface area contributed by atoms with Gasteiger partial charge in [0, 0.05) is 6.54 Å². The predicted octanol–water partition coefficient (Wildman–Crippen LogP) is 0.415. The summed E-state index contributed by atoms with van der Waals surface area (Å²) in [6.45, 7) is 4.66. The Kier molecular flexibility index (Phi) is 5.52. The summed E-state index contributed by atoms with van der Waals surface area (Å²) < 4.78 is 31.8. The van der Waals surface area contributed by atoms with E-state index >= 15 is 0 Å². The van der Waals surface area contributed by atoms with E-state index in [2.05, 4.69) is 4.72 Å². The summed E-state index contributed by atoms with van der Waals surface area (Å²) in [5.74, 6) is 0.633. The average Bonchev–Trinajstić information content (AvgIpc) is 2.39. The maximum atomic E-state index is 12.1. The van der Waals surface area contributed by atoms with E-state index in [1.807, 2.05) is 6.92 Å². The van der Waals surface area contributed by atoms with Crippen molar-refractivity contribution in [1.29, 1.82) is 0 Å². The number of hydrogen-bond donors (Lipinski definition) is 3. The Morgan fingerprint density at radius 2 is 2.05 bits per heavy atom. The van der Waals surface area contributed by atoms with Gasteiger partial charge in [0.25, 0.3) is 0 Å². The van der Waals surface area contributed by atoms with Crippen molar-refractivity contribution in [1.82, 2.24) is 4.72 Å². The number of benzene rings is 1. The molecule has 0 aromatic heterocycles. The first-order chi connectivity index (χ1) is 9.22. The molecular weight excluding hydrogens is 282 g/mol. The third-order valence-corrected chi connectivity index (χ3v) is 4.14. The van der Waals surface area contributed by atoms with E-state index in [0.717, 1.165) is 0 Å². The lowest BCUT2D eigenvalue weighted by molar-refractivity contribution is 0.00681. The zero-order valence-electron chi connectivity index (χ0n) is 11.9. The van der Waals surface area contributed by atoms with Gasteiger partial charge in [0.15, 0.2) is 0 Å². The summed E-state index contributed by atoms with van der Waals surface area (Å²) >= 11 is 0. The van der Waals surface area contributed by atoms with Crippen LogP contribution >= 0.6 is 0 Å². The largest absolute Gasteiger partial charge is 0.494 e. The zero-order chi connectivity index (χ0) is 15.4. The van der Waals surface area contributed by atoms with Crippen LogP contribution in [0.25, 0.3) is 0 Å². The Balaban J connectivity index is 2.91. The fraction of sp³-hybridized carbons (Fsp3) is 0.538. The molecule has 0 amide bonds. The standard InChI is InChI=1S/C13H21NO5S/c1-4-19-12-6-5-11(7-10(12)2)20(17,18)14-8-13(3,16)9-15/h5-7,14-16H,4,8-9H2,1-3H3. The number of sulfonamides is 1. The molecule has 0 bridgehead atoms. The fourth-order valence-electron chi connectivity index (χ4n) is 1.50. The monoisotopic (exact) mass is 303 g/mol. The topological polar surface area (TPSA) is 95.9 Å². The fourth-order valence-corrected chi connectivity index (χ4v) is 2.74. The van der Waals surface area contributed by atoms with Crippen LogP contribution in [0.2, 0.25) is 0 Å². The van der Waals surface area contributed by atoms with Crippen LogP contribution < -0.4 is 9.46 Å². The van der Waals surface area contributed by atoms with Crippen molar-refractivity contribution < 1.29 is 23.4 Å². The van der Waals surface area contributed by atoms with Crippen LogP contribution in [0.1, 0.15) is 19.4 Å². The maximum Gasteiger partial charge on any atom is 0.240 e. The molecule has 1 aromatic carbocycles. The van der Waals surface area contributed by atoms with Crippen LogP contribution in [-0.4, -0.2) is 44.0 Å². The Morgan fingerprint density at radius 3 is 2.55 bits per heavy atom. The summed E-state index contributed by atoms with van der Waals surface area (Å²) in [4.78, 5) is 0.0900. The van der Waals surface area contributed by atoms with Crippen LogP contribution in [0.15, 0.2) is 23.1 Å². The second-order valence-electron chi connectivity index (χ2n) is 4.84. The number of aliphatic hydroxyl groups is 2. The minimum Gasteiger partial charge on any atom is -0.494 e. The average molecular weight is 303 g/mol. The summed E-state index contributed by atoms with van der Waals surface area (Å²) in [6, 6.07) is 4.53. The molecule has 3 N–H and O–H groups in total. The first kappa shape index (κ1) is 16.9. The van der Waals surface area contributed by atoms with E-state index in [1.54, 1.807) is 13.0 Å². The van der Waals surface area contributed by atoms with E-state index < -0.39 is 22.2 Å². The van der Waals surface area contributed by atoms with Crippen molar-refractivity contribution in [3.63, 3.8) is 0 Å². The van der Waals surface area contributed by atoms with Crippen LogP contribution in [-0.2, 0) is 10.0 Å². The second kappa shape index (κ2) is 6.53. The van der Waals surface area contributed by atoms with E-state index in [4.69, 9.17) is 9.84 Å². The van der Waals surface area contributed by atoms with Gasteiger partial charge >= 0.3 is 0 Å². The van der Waals surface area contributed by atoms with E-state index in [0.29, 0.717) is 17.9 Å². The molecule has 0 fully saturated rings. The van der Waals surface area contributed by atoms with E-state index in [1.165, 1.54) is 19.1 Å². The van der Waals surface area contributed by atoms with Gasteiger partial charge in [0.1, 0.15) is 5.75 Å². The number of nitrogens with one attached hydrogen (secondary N) is 1. The highest BCUT2D eigenvalue weighted by atomic mass is 32.2. The zero-order valence-corrected chi connectivity index (χ0v) is 12.7. The molecule has 0 saturated carbocycles. The number of rotatable bonds is 7. The van der Waals surface area contributed by atoms with Crippen molar-refractivity contribution >= 4 is 10.0 Å². The molecule has 20 heavy (non-hydrogen) atoms. The van der Waals surface area contributed by atoms with Crippen LogP contribution in [0.5, 0.6) is 5.75 Å². The SMILES string of the molecule is CCOc1ccc(S(=O)(=O)NCC(C)(O)CO)cc1C. The molecule has 0 radical (unpaired) electrons. The van der Waals surface area contributed by atoms with Gasteiger partial charge in [0.05, 0.1) is 23.7 Å². The molecule has 1 atom stereocenters. The molecule has 0 spiro atoms. The Morgan fingerprint density at radius 1 is 1.40 bits per heavy atom. The Labute approximate surface area is 119 Å². The summed E-state index contributed by atoms with van der Waals surface area (Å²) in [5, 5.41) is 18.5. The number of ether oxygens (including phenoxy) is 1. The number of hydrogen-bond acceptors (Lipinski definition) is 5. The maximum absolute atomic E-state index is 12.1. The van der Waals surface area contributed by atoms with Crippen LogP contribution in [0.3, 0.4) is 0 Å². The number of aryl methyl sites for hydroxylation is 1. The first-order valence-electron chi connectivity index (χ1n) is 6.28. The highest BCUT2D eigenvalue weighted by molar-refractivity contribution is 7.89. The van der Waals surface area contributed by atoms with Gasteiger partial charge in [-0.2, -0.15) is 0 Å². The van der Waals surface area contributed by atoms with Crippen molar-refractivity contribution in [3.8, 4) is 5.75 Å². The summed E-state index contributed by atoms with van der Waals surface area (Å²) in [5.41, 5.74) is -0.781. The van der Waals surface area contributed by atoms with Gasteiger partial charge in [-0.05, 0) is 44.5 Å². The molecule has 1 aromatic rings. The molecule has 0 aliphatic rings. The predicted molar refractivity (Wildman–Crippen MR) is 75.2 cm³/mol. The van der Waals surface area contributed by atoms with E-state index in [-0.39, 0.29) is 11.4 Å². The van der Waals surface area contributed by atoms with Crippen molar-refractivity contribution in [2.75, 3.05) is 19.8 Å². The molecule has 0 aliphatic carbocycles. The second-order valence-corrected chi connectivity index (χ2v) is 6.61. The lowest BCUT2D eigenvalue weighted by Gasteiger charge is -2.20. The lowest BCUT2D eigenvalue weighted by Crippen LogP contribution is -2.43. The Bertz CT molecular complexity index is 554. The van der Waals surface area contributed by atoms with Gasteiger partial charge in [-0.15, -0.1) is 0 Å². The number of aliphatic hydroxyl groups excluding tert-OH is 1. The van der Waals surface area contributed by atoms with Crippen molar-refractivity contribution in [2.45, 2.75) is 31.3 Å². The van der Waals surface area contributed by atoms with Gasteiger partial charge in [-0.3, -0.25) is 0 Å².